The molecule has 4 heteroatoms. The standard InChI is InChI=1S/C17H21N3O/c21-17(18-9-3-11-20-12-4-10-19-20)16-8-7-14-5-1-2-6-15(14)13-16/h1-2,4-6,10,12,16H,3,7-9,11,13H2,(H,18,21). The number of carbonyl (C=O) groups is 1. The number of hydrogen-bond donors (Lipinski definition) is 1. The van der Waals surface area contributed by atoms with E-state index in [9.17, 15) is 4.79 Å². The van der Waals surface area contributed by atoms with Gasteiger partial charge in [-0.05, 0) is 42.9 Å². The Hall–Kier alpha value is -2.10. The van der Waals surface area contributed by atoms with Gasteiger partial charge in [-0.3, -0.25) is 9.48 Å². The van der Waals surface area contributed by atoms with Gasteiger partial charge in [-0.15, -0.1) is 0 Å². The van der Waals surface area contributed by atoms with Gasteiger partial charge in [0.25, 0.3) is 0 Å². The Morgan fingerprint density at radius 1 is 1.29 bits per heavy atom. The van der Waals surface area contributed by atoms with E-state index in [1.165, 1.54) is 11.1 Å². The molecule has 0 bridgehead atoms. The van der Waals surface area contributed by atoms with Crippen molar-refractivity contribution in [2.45, 2.75) is 32.2 Å². The third kappa shape index (κ3) is 3.51. The topological polar surface area (TPSA) is 46.9 Å². The van der Waals surface area contributed by atoms with Crippen LogP contribution in [0.1, 0.15) is 24.0 Å². The highest BCUT2D eigenvalue weighted by Gasteiger charge is 2.23. The zero-order valence-corrected chi connectivity index (χ0v) is 12.2. The lowest BCUT2D eigenvalue weighted by molar-refractivity contribution is -0.125. The average Bonchev–Trinajstić information content (AvgIpc) is 3.04. The van der Waals surface area contributed by atoms with Gasteiger partial charge in [-0.1, -0.05) is 24.3 Å². The number of fused-ring (bicyclic) bond motifs is 1. The first-order valence-corrected chi connectivity index (χ1v) is 7.65. The van der Waals surface area contributed by atoms with Crippen LogP contribution in [0.25, 0.3) is 0 Å². The summed E-state index contributed by atoms with van der Waals surface area (Å²) < 4.78 is 1.89. The van der Waals surface area contributed by atoms with Crippen molar-refractivity contribution in [3.05, 3.63) is 53.9 Å². The molecular formula is C17H21N3O. The van der Waals surface area contributed by atoms with E-state index in [2.05, 4.69) is 34.7 Å². The van der Waals surface area contributed by atoms with E-state index in [4.69, 9.17) is 0 Å². The quantitative estimate of drug-likeness (QED) is 0.855. The number of hydrogen-bond acceptors (Lipinski definition) is 2. The van der Waals surface area contributed by atoms with Crippen LogP contribution >= 0.6 is 0 Å². The molecule has 0 saturated heterocycles. The van der Waals surface area contributed by atoms with Crippen molar-refractivity contribution in [1.29, 1.82) is 0 Å². The van der Waals surface area contributed by atoms with E-state index >= 15 is 0 Å². The summed E-state index contributed by atoms with van der Waals surface area (Å²) in [7, 11) is 0. The van der Waals surface area contributed by atoms with E-state index in [-0.39, 0.29) is 11.8 Å². The van der Waals surface area contributed by atoms with Gasteiger partial charge in [0.15, 0.2) is 0 Å². The largest absolute Gasteiger partial charge is 0.356 e. The number of rotatable bonds is 5. The molecule has 0 radical (unpaired) electrons. The Bertz CT molecular complexity index is 592. The highest BCUT2D eigenvalue weighted by atomic mass is 16.1. The molecule has 0 saturated carbocycles. The van der Waals surface area contributed by atoms with Crippen LogP contribution in [0.2, 0.25) is 0 Å². The molecule has 1 amide bonds. The second-order valence-electron chi connectivity index (χ2n) is 5.62. The van der Waals surface area contributed by atoms with Crippen LogP contribution in [0.3, 0.4) is 0 Å². The second-order valence-corrected chi connectivity index (χ2v) is 5.62. The molecule has 1 aromatic heterocycles. The van der Waals surface area contributed by atoms with Gasteiger partial charge in [0.05, 0.1) is 0 Å². The van der Waals surface area contributed by atoms with Crippen molar-refractivity contribution in [2.24, 2.45) is 5.92 Å². The molecule has 1 heterocycles. The zero-order valence-electron chi connectivity index (χ0n) is 12.2. The van der Waals surface area contributed by atoms with Gasteiger partial charge in [0, 0.05) is 31.4 Å². The maximum Gasteiger partial charge on any atom is 0.223 e. The minimum Gasteiger partial charge on any atom is -0.356 e. The molecule has 1 unspecified atom stereocenters. The molecule has 2 aromatic rings. The number of nitrogens with zero attached hydrogens (tertiary/aromatic N) is 2. The second kappa shape index (κ2) is 6.57. The summed E-state index contributed by atoms with van der Waals surface area (Å²) in [6, 6.07) is 10.4. The average molecular weight is 283 g/mol. The maximum atomic E-state index is 12.2. The van der Waals surface area contributed by atoms with Crippen LogP contribution in [0.15, 0.2) is 42.7 Å². The summed E-state index contributed by atoms with van der Waals surface area (Å²) >= 11 is 0. The van der Waals surface area contributed by atoms with Crippen molar-refractivity contribution in [2.75, 3.05) is 6.54 Å². The smallest absolute Gasteiger partial charge is 0.223 e. The molecule has 1 aliphatic rings. The van der Waals surface area contributed by atoms with Crippen molar-refractivity contribution >= 4 is 5.91 Å². The lowest BCUT2D eigenvalue weighted by Gasteiger charge is -2.23. The lowest BCUT2D eigenvalue weighted by Crippen LogP contribution is -2.34. The van der Waals surface area contributed by atoms with Gasteiger partial charge in [-0.2, -0.15) is 5.10 Å². The third-order valence-electron chi connectivity index (χ3n) is 4.14. The summed E-state index contributed by atoms with van der Waals surface area (Å²) in [4.78, 5) is 12.2. The predicted octanol–water partition coefficient (Wildman–Crippen LogP) is 2.19. The van der Waals surface area contributed by atoms with Crippen LogP contribution in [0.5, 0.6) is 0 Å². The summed E-state index contributed by atoms with van der Waals surface area (Å²) in [5.41, 5.74) is 2.74. The van der Waals surface area contributed by atoms with E-state index in [1.807, 2.05) is 16.9 Å². The fraction of sp³-hybridized carbons (Fsp3) is 0.412. The van der Waals surface area contributed by atoms with Crippen LogP contribution in [0.4, 0.5) is 0 Å². The first-order valence-electron chi connectivity index (χ1n) is 7.65. The van der Waals surface area contributed by atoms with Crippen LogP contribution in [0, 0.1) is 5.92 Å². The normalized spacial score (nSPS) is 17.2. The molecule has 1 aromatic carbocycles. The number of aromatic nitrogens is 2. The molecule has 1 atom stereocenters. The number of carbonyl (C=O) groups excluding carboxylic acids is 1. The van der Waals surface area contributed by atoms with Crippen molar-refractivity contribution in [1.82, 2.24) is 15.1 Å². The highest BCUT2D eigenvalue weighted by molar-refractivity contribution is 5.79. The van der Waals surface area contributed by atoms with Crippen LogP contribution < -0.4 is 5.32 Å². The first kappa shape index (κ1) is 13.9. The Balaban J connectivity index is 1.44. The molecule has 110 valence electrons. The molecule has 1 N–H and O–H groups in total. The van der Waals surface area contributed by atoms with Gasteiger partial charge >= 0.3 is 0 Å². The fourth-order valence-electron chi connectivity index (χ4n) is 2.95. The number of aryl methyl sites for hydroxylation is 2. The van der Waals surface area contributed by atoms with E-state index < -0.39 is 0 Å². The zero-order chi connectivity index (χ0) is 14.5. The molecular weight excluding hydrogens is 262 g/mol. The summed E-state index contributed by atoms with van der Waals surface area (Å²) in [5.74, 6) is 0.328. The third-order valence-corrected chi connectivity index (χ3v) is 4.14. The SMILES string of the molecule is O=C(NCCCn1cccn1)C1CCc2ccccc2C1. The van der Waals surface area contributed by atoms with E-state index in [0.29, 0.717) is 0 Å². The maximum absolute atomic E-state index is 12.2. The Labute approximate surface area is 125 Å². The minimum absolute atomic E-state index is 0.129. The van der Waals surface area contributed by atoms with Gasteiger partial charge in [0.2, 0.25) is 5.91 Å². The lowest BCUT2D eigenvalue weighted by atomic mass is 9.83. The van der Waals surface area contributed by atoms with Crippen LogP contribution in [-0.2, 0) is 24.2 Å². The summed E-state index contributed by atoms with van der Waals surface area (Å²) in [5, 5.41) is 7.22. The predicted molar refractivity (Wildman–Crippen MR) is 81.8 cm³/mol. The molecule has 3 rings (SSSR count). The molecule has 21 heavy (non-hydrogen) atoms. The van der Waals surface area contributed by atoms with Gasteiger partial charge in [-0.25, -0.2) is 0 Å². The fourth-order valence-corrected chi connectivity index (χ4v) is 2.95. The summed E-state index contributed by atoms with van der Waals surface area (Å²) in [6.45, 7) is 1.57. The molecule has 1 aliphatic carbocycles. The minimum atomic E-state index is 0.129. The Morgan fingerprint density at radius 3 is 2.95 bits per heavy atom. The molecule has 0 aliphatic heterocycles. The highest BCUT2D eigenvalue weighted by Crippen LogP contribution is 2.25. The first-order chi connectivity index (χ1) is 10.3. The number of amides is 1. The molecule has 0 fully saturated rings. The van der Waals surface area contributed by atoms with Gasteiger partial charge in [0.1, 0.15) is 0 Å². The number of nitrogens with one attached hydrogen (secondary N) is 1. The molecule has 4 nitrogen and oxygen atoms in total. The Morgan fingerprint density at radius 2 is 2.14 bits per heavy atom. The number of benzene rings is 1. The monoisotopic (exact) mass is 283 g/mol. The van der Waals surface area contributed by atoms with Gasteiger partial charge < -0.3 is 5.32 Å². The van der Waals surface area contributed by atoms with Crippen molar-refractivity contribution in [3.8, 4) is 0 Å². The van der Waals surface area contributed by atoms with E-state index in [1.54, 1.807) is 6.20 Å². The van der Waals surface area contributed by atoms with Crippen LogP contribution in [-0.4, -0.2) is 22.2 Å². The van der Waals surface area contributed by atoms with E-state index in [0.717, 1.165) is 38.8 Å². The summed E-state index contributed by atoms with van der Waals surface area (Å²) in [6.07, 6.45) is 7.49. The van der Waals surface area contributed by atoms with Crippen molar-refractivity contribution < 1.29 is 4.79 Å². The van der Waals surface area contributed by atoms with Crippen molar-refractivity contribution in [3.63, 3.8) is 0 Å². The Kier molecular flexibility index (Phi) is 4.34. The molecule has 0 spiro atoms.